The summed E-state index contributed by atoms with van der Waals surface area (Å²) in [7, 11) is 0. The second kappa shape index (κ2) is 3.01. The maximum absolute atomic E-state index is 8.84. The van der Waals surface area contributed by atoms with Crippen molar-refractivity contribution in [2.75, 3.05) is 0 Å². The summed E-state index contributed by atoms with van der Waals surface area (Å²) in [5, 5.41) is 8.84. The molecule has 1 heterocycles. The first-order valence-electron chi connectivity index (χ1n) is 6.45. The maximum Gasteiger partial charge on any atom is 0.292 e. The molecule has 0 N–H and O–H groups in total. The normalized spacial score (nSPS) is 22.1. The maximum atomic E-state index is 8.84. The predicted molar refractivity (Wildman–Crippen MR) is 61.7 cm³/mol. The lowest BCUT2D eigenvalue weighted by Gasteiger charge is -2.12. The second-order valence-electron chi connectivity index (χ2n) is 5.52. The third-order valence-electron chi connectivity index (χ3n) is 4.63. The number of rotatable bonds is 1. The van der Waals surface area contributed by atoms with Crippen LogP contribution in [0.3, 0.4) is 0 Å². The van der Waals surface area contributed by atoms with E-state index < -0.39 is 0 Å². The Balaban J connectivity index is 1.96. The molecule has 4 rings (SSSR count). The summed E-state index contributed by atoms with van der Waals surface area (Å²) in [4.78, 5) is 4.90. The lowest BCUT2D eigenvalue weighted by Crippen LogP contribution is -2.07. The van der Waals surface area contributed by atoms with Gasteiger partial charge in [-0.2, -0.15) is 0 Å². The molecular formula is C14H14N2O. The Morgan fingerprint density at radius 1 is 1.12 bits per heavy atom. The first-order valence-corrected chi connectivity index (χ1v) is 6.45. The number of ether oxygens (including phenoxy) is 1. The van der Waals surface area contributed by atoms with Gasteiger partial charge in [0.1, 0.15) is 0 Å². The second-order valence-corrected chi connectivity index (χ2v) is 5.52. The number of hydrogen-bond acceptors (Lipinski definition) is 3. The van der Waals surface area contributed by atoms with Crippen molar-refractivity contribution in [3.8, 4) is 12.0 Å². The number of fused-ring (bicyclic) bond motifs is 3. The van der Waals surface area contributed by atoms with Crippen LogP contribution >= 0.6 is 0 Å². The topological polar surface area (TPSA) is 45.9 Å². The molecule has 1 saturated carbocycles. The van der Waals surface area contributed by atoms with Crippen LogP contribution in [-0.4, -0.2) is 4.98 Å². The Kier molecular flexibility index (Phi) is 1.68. The minimum Gasteiger partial charge on any atom is -0.387 e. The minimum absolute atomic E-state index is 0.376. The van der Waals surface area contributed by atoms with Crippen molar-refractivity contribution >= 4 is 0 Å². The lowest BCUT2D eigenvalue weighted by molar-refractivity contribution is 0.493. The Bertz CT molecular complexity index is 552. The van der Waals surface area contributed by atoms with E-state index in [4.69, 9.17) is 15.0 Å². The molecule has 0 unspecified atom stereocenters. The molecule has 1 aromatic rings. The highest BCUT2D eigenvalue weighted by Gasteiger charge is 2.51. The van der Waals surface area contributed by atoms with Crippen LogP contribution in [0.4, 0.5) is 0 Å². The Hall–Kier alpha value is -1.56. The number of nitriles is 1. The Morgan fingerprint density at radius 3 is 2.76 bits per heavy atom. The lowest BCUT2D eigenvalue weighted by atomic mass is 10.0. The highest BCUT2D eigenvalue weighted by Crippen LogP contribution is 2.58. The molecule has 17 heavy (non-hydrogen) atoms. The van der Waals surface area contributed by atoms with Crippen molar-refractivity contribution in [3.05, 3.63) is 22.5 Å². The summed E-state index contributed by atoms with van der Waals surface area (Å²) in [6.07, 6.45) is 9.91. The van der Waals surface area contributed by atoms with Gasteiger partial charge in [0, 0.05) is 22.2 Å². The van der Waals surface area contributed by atoms with Gasteiger partial charge >= 0.3 is 0 Å². The molecule has 0 radical (unpaired) electrons. The van der Waals surface area contributed by atoms with Gasteiger partial charge in [-0.25, -0.2) is 0 Å². The van der Waals surface area contributed by atoms with E-state index in [-0.39, 0.29) is 0 Å². The molecule has 0 aliphatic heterocycles. The van der Waals surface area contributed by atoms with E-state index in [1.54, 1.807) is 0 Å². The van der Waals surface area contributed by atoms with Crippen molar-refractivity contribution < 1.29 is 4.74 Å². The van der Waals surface area contributed by atoms with Crippen molar-refractivity contribution in [3.63, 3.8) is 0 Å². The quantitative estimate of drug-likeness (QED) is 0.691. The number of nitrogens with zero attached hydrogens (tertiary/aromatic N) is 2. The van der Waals surface area contributed by atoms with Crippen LogP contribution in [0, 0.1) is 11.5 Å². The molecule has 3 nitrogen and oxygen atoms in total. The van der Waals surface area contributed by atoms with Crippen LogP contribution in [0.5, 0.6) is 5.75 Å². The van der Waals surface area contributed by atoms with Crippen molar-refractivity contribution in [2.24, 2.45) is 0 Å². The summed E-state index contributed by atoms with van der Waals surface area (Å²) in [6, 6.07) is 0. The molecule has 1 spiro atoms. The zero-order valence-electron chi connectivity index (χ0n) is 9.75. The highest BCUT2D eigenvalue weighted by molar-refractivity contribution is 5.54. The van der Waals surface area contributed by atoms with E-state index in [2.05, 4.69) is 0 Å². The smallest absolute Gasteiger partial charge is 0.292 e. The molecule has 0 amide bonds. The zero-order chi connectivity index (χ0) is 11.5. The van der Waals surface area contributed by atoms with Gasteiger partial charge in [-0.05, 0) is 44.9 Å². The van der Waals surface area contributed by atoms with Gasteiger partial charge in [-0.15, -0.1) is 5.26 Å². The van der Waals surface area contributed by atoms with Gasteiger partial charge in [0.25, 0.3) is 6.26 Å². The molecule has 0 atom stereocenters. The third-order valence-corrected chi connectivity index (χ3v) is 4.63. The molecule has 1 fully saturated rings. The van der Waals surface area contributed by atoms with Gasteiger partial charge in [0.05, 0.1) is 5.69 Å². The van der Waals surface area contributed by atoms with Crippen LogP contribution in [0.1, 0.15) is 48.2 Å². The van der Waals surface area contributed by atoms with Gasteiger partial charge in [0.15, 0.2) is 5.75 Å². The van der Waals surface area contributed by atoms with Gasteiger partial charge < -0.3 is 4.74 Å². The van der Waals surface area contributed by atoms with Crippen LogP contribution in [-0.2, 0) is 24.7 Å². The summed E-state index contributed by atoms with van der Waals surface area (Å²) < 4.78 is 5.28. The molecule has 0 aromatic carbocycles. The predicted octanol–water partition coefficient (Wildman–Crippen LogP) is 2.41. The number of pyridine rings is 1. The average molecular weight is 226 g/mol. The van der Waals surface area contributed by atoms with Crippen LogP contribution in [0.2, 0.25) is 0 Å². The minimum atomic E-state index is 0.376. The fourth-order valence-corrected chi connectivity index (χ4v) is 3.55. The zero-order valence-corrected chi connectivity index (χ0v) is 9.75. The van der Waals surface area contributed by atoms with Gasteiger partial charge in [0.2, 0.25) is 0 Å². The van der Waals surface area contributed by atoms with E-state index in [0.29, 0.717) is 5.41 Å². The molecule has 3 heteroatoms. The number of aromatic nitrogens is 1. The van der Waals surface area contributed by atoms with Gasteiger partial charge in [-0.3, -0.25) is 4.98 Å². The van der Waals surface area contributed by atoms with E-state index in [9.17, 15) is 0 Å². The standard InChI is InChI=1S/C14H14N2O/c15-8-17-12-9-2-1-3-11(9)16-13-10(12)4-5-14(13)6-7-14/h1-7H2. The molecule has 86 valence electrons. The fourth-order valence-electron chi connectivity index (χ4n) is 3.55. The molecule has 3 aliphatic rings. The Morgan fingerprint density at radius 2 is 2.00 bits per heavy atom. The van der Waals surface area contributed by atoms with E-state index in [1.807, 2.05) is 6.26 Å². The van der Waals surface area contributed by atoms with E-state index >= 15 is 0 Å². The monoisotopic (exact) mass is 226 g/mol. The first kappa shape index (κ1) is 9.47. The van der Waals surface area contributed by atoms with E-state index in [0.717, 1.165) is 31.4 Å². The van der Waals surface area contributed by atoms with Crippen LogP contribution in [0.15, 0.2) is 0 Å². The molecule has 0 saturated heterocycles. The molecule has 1 aromatic heterocycles. The fraction of sp³-hybridized carbons (Fsp3) is 0.571. The number of aryl methyl sites for hydroxylation is 1. The largest absolute Gasteiger partial charge is 0.387 e. The van der Waals surface area contributed by atoms with Crippen molar-refractivity contribution in [2.45, 2.75) is 50.4 Å². The van der Waals surface area contributed by atoms with Crippen LogP contribution < -0.4 is 4.74 Å². The summed E-state index contributed by atoms with van der Waals surface area (Å²) in [5.41, 5.74) is 5.29. The van der Waals surface area contributed by atoms with Gasteiger partial charge in [-0.1, -0.05) is 0 Å². The SMILES string of the molecule is N#COc1c2c(nc3c1CCC31CC1)CCC2. The highest BCUT2D eigenvalue weighted by atomic mass is 16.5. The summed E-state index contributed by atoms with van der Waals surface area (Å²) >= 11 is 0. The summed E-state index contributed by atoms with van der Waals surface area (Å²) in [6.45, 7) is 0. The Labute approximate surface area is 100 Å². The third kappa shape index (κ3) is 1.13. The first-order chi connectivity index (χ1) is 8.34. The number of hydrogen-bond donors (Lipinski definition) is 0. The van der Waals surface area contributed by atoms with Crippen molar-refractivity contribution in [1.82, 2.24) is 4.98 Å². The molecular weight excluding hydrogens is 212 g/mol. The summed E-state index contributed by atoms with van der Waals surface area (Å²) in [5.74, 6) is 0.869. The molecule has 0 bridgehead atoms. The van der Waals surface area contributed by atoms with E-state index in [1.165, 1.54) is 41.8 Å². The average Bonchev–Trinajstić information content (AvgIpc) is 2.82. The molecule has 3 aliphatic carbocycles. The van der Waals surface area contributed by atoms with Crippen molar-refractivity contribution in [1.29, 1.82) is 5.26 Å². The van der Waals surface area contributed by atoms with Crippen LogP contribution in [0.25, 0.3) is 0 Å².